The first-order chi connectivity index (χ1) is 7.47. The predicted molar refractivity (Wildman–Crippen MR) is 64.4 cm³/mol. The SMILES string of the molecule is CC(C)(C)OC(=O)NCCNCCC1CC1. The molecule has 0 bridgehead atoms. The largest absolute Gasteiger partial charge is 0.444 e. The van der Waals surface area contributed by atoms with E-state index >= 15 is 0 Å². The Bertz CT molecular complexity index is 220. The lowest BCUT2D eigenvalue weighted by Crippen LogP contribution is -2.36. The second-order valence-corrected chi connectivity index (χ2v) is 5.41. The zero-order valence-corrected chi connectivity index (χ0v) is 10.6. The Labute approximate surface area is 98.1 Å². The maximum atomic E-state index is 11.2. The first kappa shape index (κ1) is 13.3. The molecule has 0 aromatic rings. The van der Waals surface area contributed by atoms with Gasteiger partial charge in [-0.25, -0.2) is 4.79 Å². The smallest absolute Gasteiger partial charge is 0.407 e. The van der Waals surface area contributed by atoms with Gasteiger partial charge in [0.15, 0.2) is 0 Å². The number of hydrogen-bond acceptors (Lipinski definition) is 3. The third-order valence-corrected chi connectivity index (χ3v) is 2.40. The van der Waals surface area contributed by atoms with Crippen LogP contribution in [0.3, 0.4) is 0 Å². The molecule has 0 aliphatic heterocycles. The van der Waals surface area contributed by atoms with Crippen LogP contribution in [0.4, 0.5) is 4.79 Å². The zero-order valence-electron chi connectivity index (χ0n) is 10.6. The average molecular weight is 228 g/mol. The first-order valence-electron chi connectivity index (χ1n) is 6.15. The van der Waals surface area contributed by atoms with E-state index < -0.39 is 5.60 Å². The van der Waals surface area contributed by atoms with Crippen LogP contribution in [0.15, 0.2) is 0 Å². The third kappa shape index (κ3) is 7.51. The minimum absolute atomic E-state index is 0.337. The van der Waals surface area contributed by atoms with E-state index in [1.54, 1.807) is 0 Å². The number of rotatable bonds is 6. The molecule has 0 aromatic heterocycles. The number of ether oxygens (including phenoxy) is 1. The Morgan fingerprint density at radius 3 is 2.50 bits per heavy atom. The highest BCUT2D eigenvalue weighted by molar-refractivity contribution is 5.67. The van der Waals surface area contributed by atoms with Gasteiger partial charge in [0, 0.05) is 13.1 Å². The summed E-state index contributed by atoms with van der Waals surface area (Å²) in [7, 11) is 0. The van der Waals surface area contributed by atoms with E-state index in [2.05, 4.69) is 10.6 Å². The molecular formula is C12H24N2O2. The van der Waals surface area contributed by atoms with Crippen molar-refractivity contribution < 1.29 is 9.53 Å². The lowest BCUT2D eigenvalue weighted by molar-refractivity contribution is 0.0528. The van der Waals surface area contributed by atoms with Gasteiger partial charge in [-0.3, -0.25) is 0 Å². The van der Waals surface area contributed by atoms with E-state index in [1.165, 1.54) is 19.3 Å². The van der Waals surface area contributed by atoms with Gasteiger partial charge < -0.3 is 15.4 Å². The van der Waals surface area contributed by atoms with Crippen LogP contribution in [-0.4, -0.2) is 31.3 Å². The van der Waals surface area contributed by atoms with E-state index in [0.717, 1.165) is 19.0 Å². The van der Waals surface area contributed by atoms with Crippen LogP contribution in [-0.2, 0) is 4.74 Å². The highest BCUT2D eigenvalue weighted by atomic mass is 16.6. The van der Waals surface area contributed by atoms with Crippen molar-refractivity contribution in [3.05, 3.63) is 0 Å². The van der Waals surface area contributed by atoms with E-state index in [9.17, 15) is 4.79 Å². The molecule has 1 aliphatic rings. The summed E-state index contributed by atoms with van der Waals surface area (Å²) in [4.78, 5) is 11.2. The van der Waals surface area contributed by atoms with Crippen molar-refractivity contribution in [3.63, 3.8) is 0 Å². The molecule has 4 nitrogen and oxygen atoms in total. The van der Waals surface area contributed by atoms with Crippen LogP contribution in [0.5, 0.6) is 0 Å². The first-order valence-corrected chi connectivity index (χ1v) is 6.15. The molecule has 16 heavy (non-hydrogen) atoms. The van der Waals surface area contributed by atoms with Crippen molar-refractivity contribution in [3.8, 4) is 0 Å². The Morgan fingerprint density at radius 2 is 1.94 bits per heavy atom. The van der Waals surface area contributed by atoms with Gasteiger partial charge in [0.05, 0.1) is 0 Å². The molecule has 4 heteroatoms. The van der Waals surface area contributed by atoms with Crippen molar-refractivity contribution >= 4 is 6.09 Å². The molecule has 0 radical (unpaired) electrons. The molecule has 1 fully saturated rings. The topological polar surface area (TPSA) is 50.4 Å². The Kier molecular flexibility index (Phi) is 5.06. The summed E-state index contributed by atoms with van der Waals surface area (Å²) in [5.41, 5.74) is -0.413. The molecule has 1 saturated carbocycles. The van der Waals surface area contributed by atoms with Gasteiger partial charge in [0.1, 0.15) is 5.60 Å². The summed E-state index contributed by atoms with van der Waals surface area (Å²) >= 11 is 0. The standard InChI is InChI=1S/C12H24N2O2/c1-12(2,3)16-11(15)14-9-8-13-7-6-10-4-5-10/h10,13H,4-9H2,1-3H3,(H,14,15). The molecule has 1 amide bonds. The highest BCUT2D eigenvalue weighted by Crippen LogP contribution is 2.31. The van der Waals surface area contributed by atoms with E-state index in [0.29, 0.717) is 6.54 Å². The van der Waals surface area contributed by atoms with Crippen molar-refractivity contribution in [1.82, 2.24) is 10.6 Å². The fourth-order valence-electron chi connectivity index (χ4n) is 1.40. The number of hydrogen-bond donors (Lipinski definition) is 2. The molecule has 0 aromatic carbocycles. The fraction of sp³-hybridized carbons (Fsp3) is 0.917. The minimum Gasteiger partial charge on any atom is -0.444 e. The van der Waals surface area contributed by atoms with Crippen LogP contribution in [0.25, 0.3) is 0 Å². The summed E-state index contributed by atoms with van der Waals surface area (Å²) in [5.74, 6) is 0.964. The highest BCUT2D eigenvalue weighted by Gasteiger charge is 2.20. The molecule has 1 rings (SSSR count). The molecule has 1 aliphatic carbocycles. The van der Waals surface area contributed by atoms with Gasteiger partial charge in [-0.1, -0.05) is 12.8 Å². The maximum absolute atomic E-state index is 11.2. The number of amides is 1. The van der Waals surface area contributed by atoms with Crippen molar-refractivity contribution in [2.24, 2.45) is 5.92 Å². The second kappa shape index (κ2) is 6.09. The van der Waals surface area contributed by atoms with Crippen LogP contribution < -0.4 is 10.6 Å². The lowest BCUT2D eigenvalue weighted by atomic mass is 10.2. The summed E-state index contributed by atoms with van der Waals surface area (Å²) in [6.45, 7) is 8.08. The van der Waals surface area contributed by atoms with Gasteiger partial charge in [0.2, 0.25) is 0 Å². The molecule has 2 N–H and O–H groups in total. The normalized spacial score (nSPS) is 15.9. The Morgan fingerprint density at radius 1 is 1.25 bits per heavy atom. The number of nitrogens with one attached hydrogen (secondary N) is 2. The van der Waals surface area contributed by atoms with Gasteiger partial charge in [0.25, 0.3) is 0 Å². The average Bonchev–Trinajstić information content (AvgIpc) is 2.91. The monoisotopic (exact) mass is 228 g/mol. The molecule has 94 valence electrons. The second-order valence-electron chi connectivity index (χ2n) is 5.41. The van der Waals surface area contributed by atoms with Crippen LogP contribution in [0.1, 0.15) is 40.0 Å². The maximum Gasteiger partial charge on any atom is 0.407 e. The van der Waals surface area contributed by atoms with Crippen molar-refractivity contribution in [1.29, 1.82) is 0 Å². The van der Waals surface area contributed by atoms with Gasteiger partial charge in [-0.2, -0.15) is 0 Å². The number of alkyl carbamates (subject to hydrolysis) is 1. The van der Waals surface area contributed by atoms with Crippen LogP contribution in [0.2, 0.25) is 0 Å². The molecule has 0 atom stereocenters. The Balaban J connectivity index is 1.87. The van der Waals surface area contributed by atoms with E-state index in [1.807, 2.05) is 20.8 Å². The fourth-order valence-corrected chi connectivity index (χ4v) is 1.40. The summed E-state index contributed by atoms with van der Waals surface area (Å²) < 4.78 is 5.11. The summed E-state index contributed by atoms with van der Waals surface area (Å²) in [6, 6.07) is 0. The Hall–Kier alpha value is -0.770. The molecule has 0 heterocycles. The van der Waals surface area contributed by atoms with Crippen LogP contribution in [0, 0.1) is 5.92 Å². The van der Waals surface area contributed by atoms with Crippen molar-refractivity contribution in [2.75, 3.05) is 19.6 Å². The number of carbonyl (C=O) groups is 1. The van der Waals surface area contributed by atoms with Crippen LogP contribution >= 0.6 is 0 Å². The lowest BCUT2D eigenvalue weighted by Gasteiger charge is -2.19. The number of carbonyl (C=O) groups excluding carboxylic acids is 1. The third-order valence-electron chi connectivity index (χ3n) is 2.40. The van der Waals surface area contributed by atoms with E-state index in [4.69, 9.17) is 4.74 Å². The zero-order chi connectivity index (χ0) is 12.0. The summed E-state index contributed by atoms with van der Waals surface area (Å²) in [5, 5.41) is 6.02. The van der Waals surface area contributed by atoms with Gasteiger partial charge in [-0.05, 0) is 39.7 Å². The molecule has 0 unspecified atom stereocenters. The van der Waals surface area contributed by atoms with Crippen molar-refractivity contribution in [2.45, 2.75) is 45.6 Å². The van der Waals surface area contributed by atoms with Gasteiger partial charge >= 0.3 is 6.09 Å². The summed E-state index contributed by atoms with van der Waals surface area (Å²) in [6.07, 6.45) is 3.73. The quantitative estimate of drug-likeness (QED) is 0.683. The predicted octanol–water partition coefficient (Wildman–Crippen LogP) is 1.90. The minimum atomic E-state index is -0.413. The van der Waals surface area contributed by atoms with E-state index in [-0.39, 0.29) is 6.09 Å². The molecule has 0 spiro atoms. The molecular weight excluding hydrogens is 204 g/mol. The molecule has 0 saturated heterocycles. The van der Waals surface area contributed by atoms with Gasteiger partial charge in [-0.15, -0.1) is 0 Å².